The molecule has 21 heavy (non-hydrogen) atoms. The highest BCUT2D eigenvalue weighted by molar-refractivity contribution is 6.02. The SMILES string of the molecule is O=C1COc2cccc(NC(=O)NC3CCCCC3)c2N1. The van der Waals surface area contributed by atoms with Crippen molar-refractivity contribution < 1.29 is 14.3 Å². The summed E-state index contributed by atoms with van der Waals surface area (Å²) in [5.41, 5.74) is 1.07. The van der Waals surface area contributed by atoms with E-state index in [4.69, 9.17) is 4.74 Å². The lowest BCUT2D eigenvalue weighted by molar-refractivity contribution is -0.118. The van der Waals surface area contributed by atoms with Gasteiger partial charge in [-0.05, 0) is 25.0 Å². The number of carbonyl (C=O) groups is 2. The molecule has 1 aromatic rings. The number of anilines is 2. The first-order valence-electron chi connectivity index (χ1n) is 7.35. The minimum Gasteiger partial charge on any atom is -0.481 e. The van der Waals surface area contributed by atoms with E-state index in [2.05, 4.69) is 16.0 Å². The van der Waals surface area contributed by atoms with Crippen molar-refractivity contribution in [1.82, 2.24) is 5.32 Å². The van der Waals surface area contributed by atoms with Crippen molar-refractivity contribution in [3.8, 4) is 5.75 Å². The number of para-hydroxylation sites is 1. The van der Waals surface area contributed by atoms with Gasteiger partial charge in [0.15, 0.2) is 6.61 Å². The average molecular weight is 289 g/mol. The minimum absolute atomic E-state index is 0.00469. The summed E-state index contributed by atoms with van der Waals surface area (Å²) in [6, 6.07) is 5.29. The second-order valence-corrected chi connectivity index (χ2v) is 5.45. The van der Waals surface area contributed by atoms with Crippen molar-refractivity contribution in [2.45, 2.75) is 38.1 Å². The summed E-state index contributed by atoms with van der Waals surface area (Å²) < 4.78 is 5.32. The fraction of sp³-hybridized carbons (Fsp3) is 0.467. The standard InChI is InChI=1S/C15H19N3O3/c19-13-9-21-12-8-4-7-11(14(12)18-13)17-15(20)16-10-5-2-1-3-6-10/h4,7-8,10H,1-3,5-6,9H2,(H,18,19)(H2,16,17,20). The van der Waals surface area contributed by atoms with E-state index < -0.39 is 0 Å². The van der Waals surface area contributed by atoms with E-state index in [0.29, 0.717) is 17.1 Å². The van der Waals surface area contributed by atoms with Crippen LogP contribution in [0.25, 0.3) is 0 Å². The summed E-state index contributed by atoms with van der Waals surface area (Å²) in [6.45, 7) is 0.00469. The van der Waals surface area contributed by atoms with Gasteiger partial charge in [0.1, 0.15) is 11.4 Å². The Labute approximate surface area is 123 Å². The fourth-order valence-corrected chi connectivity index (χ4v) is 2.79. The second kappa shape index (κ2) is 6.03. The highest BCUT2D eigenvalue weighted by Gasteiger charge is 2.21. The molecule has 1 saturated carbocycles. The van der Waals surface area contributed by atoms with Gasteiger partial charge in [0, 0.05) is 6.04 Å². The molecule has 0 spiro atoms. The van der Waals surface area contributed by atoms with Gasteiger partial charge >= 0.3 is 6.03 Å². The number of fused-ring (bicyclic) bond motifs is 1. The lowest BCUT2D eigenvalue weighted by Crippen LogP contribution is -2.39. The summed E-state index contributed by atoms with van der Waals surface area (Å²) in [6.07, 6.45) is 5.63. The Morgan fingerprint density at radius 1 is 1.24 bits per heavy atom. The molecular formula is C15H19N3O3. The summed E-state index contributed by atoms with van der Waals surface area (Å²) in [5, 5.41) is 8.51. The van der Waals surface area contributed by atoms with E-state index in [-0.39, 0.29) is 24.6 Å². The normalized spacial score (nSPS) is 18.2. The van der Waals surface area contributed by atoms with Crippen LogP contribution in [0.5, 0.6) is 5.75 Å². The molecule has 3 amide bonds. The summed E-state index contributed by atoms with van der Waals surface area (Å²) >= 11 is 0. The zero-order valence-corrected chi connectivity index (χ0v) is 11.8. The van der Waals surface area contributed by atoms with Gasteiger partial charge in [-0.15, -0.1) is 0 Å². The predicted molar refractivity (Wildman–Crippen MR) is 79.6 cm³/mol. The summed E-state index contributed by atoms with van der Waals surface area (Å²) in [4.78, 5) is 23.5. The number of benzene rings is 1. The number of amides is 3. The van der Waals surface area contributed by atoms with Gasteiger partial charge in [-0.25, -0.2) is 4.79 Å². The molecule has 0 radical (unpaired) electrons. The molecule has 2 aliphatic rings. The third-order valence-corrected chi connectivity index (χ3v) is 3.84. The van der Waals surface area contributed by atoms with Crippen molar-refractivity contribution in [1.29, 1.82) is 0 Å². The van der Waals surface area contributed by atoms with Crippen molar-refractivity contribution >= 4 is 23.3 Å². The van der Waals surface area contributed by atoms with Crippen LogP contribution in [0.2, 0.25) is 0 Å². The highest BCUT2D eigenvalue weighted by Crippen LogP contribution is 2.34. The first-order valence-corrected chi connectivity index (χ1v) is 7.35. The Morgan fingerprint density at radius 2 is 2.05 bits per heavy atom. The number of carbonyl (C=O) groups excluding carboxylic acids is 2. The number of ether oxygens (including phenoxy) is 1. The third-order valence-electron chi connectivity index (χ3n) is 3.84. The molecule has 0 bridgehead atoms. The van der Waals surface area contributed by atoms with E-state index in [1.165, 1.54) is 6.42 Å². The number of hydrogen-bond donors (Lipinski definition) is 3. The Balaban J connectivity index is 1.67. The smallest absolute Gasteiger partial charge is 0.319 e. The van der Waals surface area contributed by atoms with Crippen molar-refractivity contribution in [3.05, 3.63) is 18.2 Å². The molecule has 0 aromatic heterocycles. The van der Waals surface area contributed by atoms with Gasteiger partial charge in [0.05, 0.1) is 5.69 Å². The van der Waals surface area contributed by atoms with Crippen LogP contribution in [-0.2, 0) is 4.79 Å². The van der Waals surface area contributed by atoms with E-state index in [1.54, 1.807) is 18.2 Å². The van der Waals surface area contributed by atoms with Gasteiger partial charge in [0.25, 0.3) is 5.91 Å². The molecule has 6 nitrogen and oxygen atoms in total. The zero-order chi connectivity index (χ0) is 14.7. The number of nitrogens with one attached hydrogen (secondary N) is 3. The first kappa shape index (κ1) is 13.7. The van der Waals surface area contributed by atoms with Crippen molar-refractivity contribution in [3.63, 3.8) is 0 Å². The van der Waals surface area contributed by atoms with Crippen LogP contribution >= 0.6 is 0 Å². The van der Waals surface area contributed by atoms with Crippen molar-refractivity contribution in [2.75, 3.05) is 17.2 Å². The molecule has 1 fully saturated rings. The molecule has 1 aromatic carbocycles. The number of rotatable bonds is 2. The molecule has 0 atom stereocenters. The molecular weight excluding hydrogens is 270 g/mol. The van der Waals surface area contributed by atoms with Gasteiger partial charge < -0.3 is 20.7 Å². The molecule has 1 aliphatic carbocycles. The van der Waals surface area contributed by atoms with Crippen LogP contribution in [0.15, 0.2) is 18.2 Å². The molecule has 0 unspecified atom stereocenters. The van der Waals surface area contributed by atoms with Crippen LogP contribution in [-0.4, -0.2) is 24.6 Å². The Morgan fingerprint density at radius 3 is 2.86 bits per heavy atom. The largest absolute Gasteiger partial charge is 0.481 e. The Bertz CT molecular complexity index is 553. The van der Waals surface area contributed by atoms with E-state index in [9.17, 15) is 9.59 Å². The lowest BCUT2D eigenvalue weighted by atomic mass is 9.96. The monoisotopic (exact) mass is 289 g/mol. The van der Waals surface area contributed by atoms with Gasteiger partial charge in [-0.2, -0.15) is 0 Å². The molecule has 3 N–H and O–H groups in total. The topological polar surface area (TPSA) is 79.5 Å². The number of urea groups is 1. The average Bonchev–Trinajstić information content (AvgIpc) is 2.49. The summed E-state index contributed by atoms with van der Waals surface area (Å²) in [7, 11) is 0. The van der Waals surface area contributed by atoms with E-state index in [0.717, 1.165) is 25.7 Å². The van der Waals surface area contributed by atoms with Gasteiger partial charge in [-0.3, -0.25) is 4.79 Å². The van der Waals surface area contributed by atoms with E-state index in [1.807, 2.05) is 0 Å². The van der Waals surface area contributed by atoms with Crippen molar-refractivity contribution in [2.24, 2.45) is 0 Å². The first-order chi connectivity index (χ1) is 10.2. The third kappa shape index (κ3) is 3.26. The molecule has 112 valence electrons. The van der Waals surface area contributed by atoms with E-state index >= 15 is 0 Å². The minimum atomic E-state index is -0.241. The highest BCUT2D eigenvalue weighted by atomic mass is 16.5. The van der Waals surface area contributed by atoms with Crippen LogP contribution in [0.4, 0.5) is 16.2 Å². The maximum absolute atomic E-state index is 12.1. The Hall–Kier alpha value is -2.24. The second-order valence-electron chi connectivity index (χ2n) is 5.45. The predicted octanol–water partition coefficient (Wildman–Crippen LogP) is 2.47. The molecule has 0 saturated heterocycles. The van der Waals surface area contributed by atoms with Gasteiger partial charge in [0.2, 0.25) is 0 Å². The summed E-state index contributed by atoms with van der Waals surface area (Å²) in [5.74, 6) is 0.356. The zero-order valence-electron chi connectivity index (χ0n) is 11.8. The van der Waals surface area contributed by atoms with Crippen LogP contribution in [0, 0.1) is 0 Å². The fourth-order valence-electron chi connectivity index (χ4n) is 2.79. The van der Waals surface area contributed by atoms with Gasteiger partial charge in [-0.1, -0.05) is 25.3 Å². The maximum atomic E-state index is 12.1. The molecule has 6 heteroatoms. The molecule has 1 heterocycles. The molecule has 3 rings (SSSR count). The van der Waals surface area contributed by atoms with Crippen LogP contribution < -0.4 is 20.7 Å². The Kier molecular flexibility index (Phi) is 3.94. The lowest BCUT2D eigenvalue weighted by Gasteiger charge is -2.24. The maximum Gasteiger partial charge on any atom is 0.319 e. The molecule has 1 aliphatic heterocycles. The number of hydrogen-bond acceptors (Lipinski definition) is 3. The van der Waals surface area contributed by atoms with Crippen LogP contribution in [0.1, 0.15) is 32.1 Å². The quantitative estimate of drug-likeness (QED) is 0.782. The van der Waals surface area contributed by atoms with Crippen LogP contribution in [0.3, 0.4) is 0 Å².